The summed E-state index contributed by atoms with van der Waals surface area (Å²) in [7, 11) is 0. The van der Waals surface area contributed by atoms with Crippen LogP contribution in [0.25, 0.3) is 75.1 Å². The molecule has 1 aromatic heterocycles. The average molecular weight is 680 g/mol. The van der Waals surface area contributed by atoms with Crippen molar-refractivity contribution < 1.29 is 0 Å². The van der Waals surface area contributed by atoms with Crippen molar-refractivity contribution in [3.05, 3.63) is 200 Å². The Morgan fingerprint density at radius 2 is 0.788 bits per heavy atom. The number of benzene rings is 9. The maximum absolute atomic E-state index is 2.36. The minimum Gasteiger partial charge on any atom is -0.311 e. The second-order valence-electron chi connectivity index (χ2n) is 13.4. The van der Waals surface area contributed by atoms with Crippen LogP contribution >= 0.6 is 11.3 Å². The van der Waals surface area contributed by atoms with Crippen LogP contribution in [-0.4, -0.2) is 0 Å². The van der Waals surface area contributed by atoms with E-state index in [-0.39, 0.29) is 0 Å². The van der Waals surface area contributed by atoms with Crippen LogP contribution in [0.1, 0.15) is 0 Å². The van der Waals surface area contributed by atoms with Gasteiger partial charge in [-0.1, -0.05) is 146 Å². The number of hydrogen-bond donors (Lipinski definition) is 0. The first-order valence-corrected chi connectivity index (χ1v) is 18.6. The Bertz CT molecular complexity index is 2880. The van der Waals surface area contributed by atoms with E-state index in [1.54, 1.807) is 0 Å². The number of rotatable bonds is 6. The summed E-state index contributed by atoms with van der Waals surface area (Å²) >= 11 is 1.86. The SMILES string of the molecule is c1ccc2cc(-c3ccc(N(c4ccc(-c5ccc6c(c5)sc5ccccc56)cc4)c4ccc(-c5cccc6ccccc56)cc4)cc3)ccc2c1. The highest BCUT2D eigenvalue weighted by Crippen LogP contribution is 2.40. The Morgan fingerprint density at radius 1 is 0.288 bits per heavy atom. The lowest BCUT2D eigenvalue weighted by molar-refractivity contribution is 1.28. The molecule has 0 bridgehead atoms. The summed E-state index contributed by atoms with van der Waals surface area (Å²) in [5.74, 6) is 0. The molecule has 0 saturated carbocycles. The number of thiophene rings is 1. The molecule has 9 aromatic carbocycles. The molecule has 0 amide bonds. The van der Waals surface area contributed by atoms with Crippen molar-refractivity contribution in [3.63, 3.8) is 0 Å². The molecule has 244 valence electrons. The molecular formula is C50H33NS. The molecule has 1 heterocycles. The van der Waals surface area contributed by atoms with E-state index < -0.39 is 0 Å². The molecule has 2 heteroatoms. The molecule has 0 spiro atoms. The molecule has 0 aliphatic heterocycles. The smallest absolute Gasteiger partial charge is 0.0462 e. The molecule has 1 nitrogen and oxygen atoms in total. The zero-order valence-electron chi connectivity index (χ0n) is 28.4. The molecule has 0 atom stereocenters. The van der Waals surface area contributed by atoms with Crippen molar-refractivity contribution in [1.82, 2.24) is 0 Å². The first kappa shape index (κ1) is 30.4. The summed E-state index contributed by atoms with van der Waals surface area (Å²) in [6.07, 6.45) is 0. The van der Waals surface area contributed by atoms with E-state index in [9.17, 15) is 0 Å². The quantitative estimate of drug-likeness (QED) is 0.169. The van der Waals surface area contributed by atoms with E-state index in [1.165, 1.54) is 75.1 Å². The van der Waals surface area contributed by atoms with Crippen LogP contribution in [0.5, 0.6) is 0 Å². The summed E-state index contributed by atoms with van der Waals surface area (Å²) in [6.45, 7) is 0. The number of fused-ring (bicyclic) bond motifs is 5. The van der Waals surface area contributed by atoms with Crippen LogP contribution in [0.3, 0.4) is 0 Å². The predicted molar refractivity (Wildman–Crippen MR) is 225 cm³/mol. The molecule has 0 aliphatic carbocycles. The second kappa shape index (κ2) is 12.7. The van der Waals surface area contributed by atoms with Gasteiger partial charge in [0.2, 0.25) is 0 Å². The molecule has 0 radical (unpaired) electrons. The molecule has 0 fully saturated rings. The fourth-order valence-electron chi connectivity index (χ4n) is 7.59. The van der Waals surface area contributed by atoms with Crippen LogP contribution in [0, 0.1) is 0 Å². The van der Waals surface area contributed by atoms with Gasteiger partial charge in [0, 0.05) is 37.2 Å². The highest BCUT2D eigenvalue weighted by molar-refractivity contribution is 7.25. The van der Waals surface area contributed by atoms with Crippen LogP contribution in [-0.2, 0) is 0 Å². The summed E-state index contributed by atoms with van der Waals surface area (Å²) in [6, 6.07) is 72.9. The normalized spacial score (nSPS) is 11.5. The maximum Gasteiger partial charge on any atom is 0.0462 e. The van der Waals surface area contributed by atoms with E-state index in [1.807, 2.05) is 11.3 Å². The zero-order valence-corrected chi connectivity index (χ0v) is 29.2. The minimum absolute atomic E-state index is 1.11. The average Bonchev–Trinajstić information content (AvgIpc) is 3.59. The molecule has 0 unspecified atom stereocenters. The van der Waals surface area contributed by atoms with Crippen LogP contribution in [0.4, 0.5) is 17.1 Å². The van der Waals surface area contributed by atoms with Gasteiger partial charge in [-0.25, -0.2) is 0 Å². The van der Waals surface area contributed by atoms with E-state index in [0.29, 0.717) is 0 Å². The van der Waals surface area contributed by atoms with E-state index in [2.05, 4.69) is 205 Å². The molecule has 52 heavy (non-hydrogen) atoms. The summed E-state index contributed by atoms with van der Waals surface area (Å²) < 4.78 is 2.65. The van der Waals surface area contributed by atoms with Crippen molar-refractivity contribution in [2.24, 2.45) is 0 Å². The van der Waals surface area contributed by atoms with Gasteiger partial charge in [-0.3, -0.25) is 0 Å². The third kappa shape index (κ3) is 5.42. The van der Waals surface area contributed by atoms with Crippen LogP contribution in [0.2, 0.25) is 0 Å². The summed E-state index contributed by atoms with van der Waals surface area (Å²) in [4.78, 5) is 2.36. The topological polar surface area (TPSA) is 3.24 Å². The second-order valence-corrected chi connectivity index (χ2v) is 14.5. The van der Waals surface area contributed by atoms with Gasteiger partial charge in [-0.15, -0.1) is 11.3 Å². The van der Waals surface area contributed by atoms with E-state index in [4.69, 9.17) is 0 Å². The lowest BCUT2D eigenvalue weighted by atomic mass is 9.98. The van der Waals surface area contributed by atoms with Gasteiger partial charge in [0.1, 0.15) is 0 Å². The highest BCUT2D eigenvalue weighted by atomic mass is 32.1. The van der Waals surface area contributed by atoms with Crippen molar-refractivity contribution >= 4 is 70.1 Å². The van der Waals surface area contributed by atoms with Gasteiger partial charge in [0.15, 0.2) is 0 Å². The van der Waals surface area contributed by atoms with E-state index in [0.717, 1.165) is 17.1 Å². The number of nitrogens with zero attached hydrogens (tertiary/aromatic N) is 1. The zero-order chi connectivity index (χ0) is 34.4. The van der Waals surface area contributed by atoms with Crippen LogP contribution in [0.15, 0.2) is 200 Å². The van der Waals surface area contributed by atoms with Gasteiger partial charge in [-0.05, 0) is 110 Å². The van der Waals surface area contributed by atoms with Gasteiger partial charge < -0.3 is 4.90 Å². The molecule has 0 N–H and O–H groups in total. The largest absolute Gasteiger partial charge is 0.311 e. The fourth-order valence-corrected chi connectivity index (χ4v) is 8.74. The molecular weight excluding hydrogens is 647 g/mol. The Kier molecular flexibility index (Phi) is 7.41. The Balaban J connectivity index is 1.03. The number of anilines is 3. The number of hydrogen-bond acceptors (Lipinski definition) is 2. The van der Waals surface area contributed by atoms with Crippen molar-refractivity contribution in [2.45, 2.75) is 0 Å². The van der Waals surface area contributed by atoms with Gasteiger partial charge in [0.25, 0.3) is 0 Å². The first-order valence-electron chi connectivity index (χ1n) is 17.7. The van der Waals surface area contributed by atoms with Gasteiger partial charge in [0.05, 0.1) is 0 Å². The fraction of sp³-hybridized carbons (Fsp3) is 0. The molecule has 10 aromatic rings. The molecule has 0 saturated heterocycles. The minimum atomic E-state index is 1.11. The molecule has 10 rings (SSSR count). The first-order chi connectivity index (χ1) is 25.7. The van der Waals surface area contributed by atoms with Gasteiger partial charge >= 0.3 is 0 Å². The standard InChI is InChI=1S/C50H33NS/c1-2-10-39-32-40(17-16-34(39)8-1)35-18-25-42(26-19-35)51(44-29-22-38(23-30-44)46-14-7-11-37-9-3-4-12-45(37)46)43-27-20-36(21-28-43)41-24-31-48-47-13-5-6-15-49(47)52-50(48)33-41/h1-33H. The third-order valence-electron chi connectivity index (χ3n) is 10.3. The van der Waals surface area contributed by atoms with E-state index >= 15 is 0 Å². The Morgan fingerprint density at radius 3 is 1.50 bits per heavy atom. The van der Waals surface area contributed by atoms with Crippen molar-refractivity contribution in [3.8, 4) is 33.4 Å². The van der Waals surface area contributed by atoms with Crippen molar-refractivity contribution in [2.75, 3.05) is 4.90 Å². The molecule has 0 aliphatic rings. The lowest BCUT2D eigenvalue weighted by Crippen LogP contribution is -2.09. The highest BCUT2D eigenvalue weighted by Gasteiger charge is 2.15. The maximum atomic E-state index is 2.36. The Labute approximate surface area is 307 Å². The summed E-state index contributed by atoms with van der Waals surface area (Å²) in [5.41, 5.74) is 10.7. The summed E-state index contributed by atoms with van der Waals surface area (Å²) in [5, 5.41) is 7.69. The van der Waals surface area contributed by atoms with Crippen LogP contribution < -0.4 is 4.90 Å². The monoisotopic (exact) mass is 679 g/mol. The Hall–Kier alpha value is -6.48. The third-order valence-corrected chi connectivity index (χ3v) is 11.4. The lowest BCUT2D eigenvalue weighted by Gasteiger charge is -2.26. The predicted octanol–water partition coefficient (Wildman–Crippen LogP) is 14.8. The van der Waals surface area contributed by atoms with Crippen molar-refractivity contribution in [1.29, 1.82) is 0 Å². The van der Waals surface area contributed by atoms with Gasteiger partial charge in [-0.2, -0.15) is 0 Å².